The third kappa shape index (κ3) is 5.00. The molecule has 12 heavy (non-hydrogen) atoms. The number of nitrogens with one attached hydrogen (secondary N) is 1. The molecule has 1 nitrogen and oxygen atoms in total. The van der Waals surface area contributed by atoms with Crippen LogP contribution in [0.15, 0.2) is 0 Å². The molecule has 0 heterocycles. The third-order valence-corrected chi connectivity index (χ3v) is 2.67. The van der Waals surface area contributed by atoms with E-state index in [1.807, 2.05) is 0 Å². The SMILES string of the molecule is CCC(C)NC(C)(C)C(C)C.Cl. The van der Waals surface area contributed by atoms with E-state index in [4.69, 9.17) is 0 Å². The summed E-state index contributed by atoms with van der Waals surface area (Å²) in [7, 11) is 0. The molecular weight excluding hydrogens is 170 g/mol. The van der Waals surface area contributed by atoms with Crippen LogP contribution in [0.4, 0.5) is 0 Å². The molecule has 0 amide bonds. The molecule has 1 N–H and O–H groups in total. The minimum Gasteiger partial charge on any atom is -0.309 e. The Morgan fingerprint density at radius 3 is 1.83 bits per heavy atom. The Balaban J connectivity index is 0. The first-order valence-corrected chi connectivity index (χ1v) is 4.67. The standard InChI is InChI=1S/C10H23N.ClH/c1-7-9(4)11-10(5,6)8(2)3;/h8-9,11H,7H2,1-6H3;1H. The fourth-order valence-corrected chi connectivity index (χ4v) is 0.904. The number of halogens is 1. The van der Waals surface area contributed by atoms with Crippen LogP contribution in [0, 0.1) is 5.92 Å². The van der Waals surface area contributed by atoms with Crippen molar-refractivity contribution in [3.8, 4) is 0 Å². The van der Waals surface area contributed by atoms with Crippen molar-refractivity contribution in [2.24, 2.45) is 5.92 Å². The smallest absolute Gasteiger partial charge is 0.0150 e. The van der Waals surface area contributed by atoms with E-state index in [1.54, 1.807) is 0 Å². The fourth-order valence-electron chi connectivity index (χ4n) is 0.904. The Morgan fingerprint density at radius 1 is 1.17 bits per heavy atom. The maximum atomic E-state index is 3.61. The summed E-state index contributed by atoms with van der Waals surface area (Å²) in [6, 6.07) is 0.632. The molecule has 0 aliphatic carbocycles. The largest absolute Gasteiger partial charge is 0.309 e. The van der Waals surface area contributed by atoms with E-state index < -0.39 is 0 Å². The van der Waals surface area contributed by atoms with Crippen LogP contribution in [0.1, 0.15) is 48.0 Å². The molecule has 0 saturated heterocycles. The molecule has 76 valence electrons. The van der Waals surface area contributed by atoms with Gasteiger partial charge in [0.1, 0.15) is 0 Å². The van der Waals surface area contributed by atoms with Crippen LogP contribution >= 0.6 is 12.4 Å². The highest BCUT2D eigenvalue weighted by Gasteiger charge is 2.22. The van der Waals surface area contributed by atoms with E-state index in [-0.39, 0.29) is 17.9 Å². The first-order valence-electron chi connectivity index (χ1n) is 4.67. The molecule has 0 rings (SSSR count). The van der Waals surface area contributed by atoms with E-state index in [0.29, 0.717) is 12.0 Å². The van der Waals surface area contributed by atoms with Gasteiger partial charge in [-0.05, 0) is 33.1 Å². The van der Waals surface area contributed by atoms with Gasteiger partial charge >= 0.3 is 0 Å². The molecule has 0 aromatic rings. The van der Waals surface area contributed by atoms with Crippen LogP contribution in [0.25, 0.3) is 0 Å². The molecule has 0 bridgehead atoms. The highest BCUT2D eigenvalue weighted by molar-refractivity contribution is 5.85. The summed E-state index contributed by atoms with van der Waals surface area (Å²) >= 11 is 0. The Labute approximate surface area is 83.7 Å². The molecule has 0 aliphatic rings. The van der Waals surface area contributed by atoms with Crippen molar-refractivity contribution in [1.29, 1.82) is 0 Å². The second kappa shape index (κ2) is 5.82. The normalized spacial score (nSPS) is 14.2. The second-order valence-corrected chi connectivity index (χ2v) is 4.33. The van der Waals surface area contributed by atoms with Gasteiger partial charge in [0, 0.05) is 11.6 Å². The lowest BCUT2D eigenvalue weighted by Gasteiger charge is -2.33. The van der Waals surface area contributed by atoms with Gasteiger partial charge in [0.2, 0.25) is 0 Å². The Morgan fingerprint density at radius 2 is 1.58 bits per heavy atom. The molecular formula is C10H24ClN. The number of hydrogen-bond donors (Lipinski definition) is 1. The molecule has 0 aliphatic heterocycles. The zero-order valence-corrected chi connectivity index (χ0v) is 10.1. The molecule has 1 atom stereocenters. The third-order valence-electron chi connectivity index (χ3n) is 2.67. The molecule has 1 unspecified atom stereocenters. The van der Waals surface area contributed by atoms with E-state index >= 15 is 0 Å². The van der Waals surface area contributed by atoms with Crippen molar-refractivity contribution in [3.63, 3.8) is 0 Å². The summed E-state index contributed by atoms with van der Waals surface area (Å²) in [6.45, 7) is 13.5. The van der Waals surface area contributed by atoms with Gasteiger partial charge in [0.25, 0.3) is 0 Å². The van der Waals surface area contributed by atoms with Gasteiger partial charge in [-0.25, -0.2) is 0 Å². The lowest BCUT2D eigenvalue weighted by atomic mass is 9.90. The van der Waals surface area contributed by atoms with Crippen LogP contribution in [-0.2, 0) is 0 Å². The maximum absolute atomic E-state index is 3.61. The lowest BCUT2D eigenvalue weighted by Crippen LogP contribution is -2.48. The molecule has 0 radical (unpaired) electrons. The molecule has 0 aromatic carbocycles. The summed E-state index contributed by atoms with van der Waals surface area (Å²) < 4.78 is 0. The summed E-state index contributed by atoms with van der Waals surface area (Å²) in [4.78, 5) is 0. The highest BCUT2D eigenvalue weighted by atomic mass is 35.5. The molecule has 2 heteroatoms. The van der Waals surface area contributed by atoms with Gasteiger partial charge in [-0.1, -0.05) is 20.8 Å². The van der Waals surface area contributed by atoms with Gasteiger partial charge in [0.05, 0.1) is 0 Å². The molecule has 0 aromatic heterocycles. The average Bonchev–Trinajstić information content (AvgIpc) is 1.86. The minimum atomic E-state index is 0. The van der Waals surface area contributed by atoms with Crippen molar-refractivity contribution >= 4 is 12.4 Å². The monoisotopic (exact) mass is 193 g/mol. The second-order valence-electron chi connectivity index (χ2n) is 4.33. The van der Waals surface area contributed by atoms with Gasteiger partial charge in [-0.15, -0.1) is 12.4 Å². The summed E-state index contributed by atoms with van der Waals surface area (Å²) in [5.41, 5.74) is 0.273. The van der Waals surface area contributed by atoms with Crippen molar-refractivity contribution < 1.29 is 0 Å². The van der Waals surface area contributed by atoms with Crippen molar-refractivity contribution in [2.45, 2.75) is 59.5 Å². The quantitative estimate of drug-likeness (QED) is 0.723. The van der Waals surface area contributed by atoms with E-state index in [2.05, 4.69) is 46.9 Å². The summed E-state index contributed by atoms with van der Waals surface area (Å²) in [5.74, 6) is 0.691. The van der Waals surface area contributed by atoms with Crippen LogP contribution in [0.2, 0.25) is 0 Å². The van der Waals surface area contributed by atoms with E-state index in [0.717, 1.165) is 0 Å². The first-order chi connectivity index (χ1) is 4.90. The molecule has 0 spiro atoms. The highest BCUT2D eigenvalue weighted by Crippen LogP contribution is 2.16. The molecule has 0 fully saturated rings. The summed E-state index contributed by atoms with van der Waals surface area (Å²) in [6.07, 6.45) is 1.20. The Hall–Kier alpha value is 0.250. The zero-order chi connectivity index (χ0) is 9.07. The van der Waals surface area contributed by atoms with Crippen molar-refractivity contribution in [1.82, 2.24) is 5.32 Å². The Kier molecular flexibility index (Phi) is 7.16. The van der Waals surface area contributed by atoms with Gasteiger partial charge in [0.15, 0.2) is 0 Å². The lowest BCUT2D eigenvalue weighted by molar-refractivity contribution is 0.258. The number of rotatable bonds is 4. The van der Waals surface area contributed by atoms with Gasteiger partial charge < -0.3 is 5.32 Å². The maximum Gasteiger partial charge on any atom is 0.0150 e. The molecule has 0 saturated carbocycles. The van der Waals surface area contributed by atoms with Crippen LogP contribution < -0.4 is 5.32 Å². The fraction of sp³-hybridized carbons (Fsp3) is 1.00. The van der Waals surface area contributed by atoms with Gasteiger partial charge in [-0.3, -0.25) is 0 Å². The van der Waals surface area contributed by atoms with Crippen molar-refractivity contribution in [3.05, 3.63) is 0 Å². The van der Waals surface area contributed by atoms with Crippen molar-refractivity contribution in [2.75, 3.05) is 0 Å². The predicted octanol–water partition coefficient (Wildman–Crippen LogP) is 3.23. The predicted molar refractivity (Wildman–Crippen MR) is 59.1 cm³/mol. The average molecular weight is 194 g/mol. The topological polar surface area (TPSA) is 12.0 Å². The van der Waals surface area contributed by atoms with E-state index in [9.17, 15) is 0 Å². The zero-order valence-electron chi connectivity index (χ0n) is 9.27. The first kappa shape index (κ1) is 14.8. The van der Waals surface area contributed by atoms with Crippen LogP contribution in [0.3, 0.4) is 0 Å². The number of hydrogen-bond acceptors (Lipinski definition) is 1. The van der Waals surface area contributed by atoms with Gasteiger partial charge in [-0.2, -0.15) is 0 Å². The summed E-state index contributed by atoms with van der Waals surface area (Å²) in [5, 5.41) is 3.61. The van der Waals surface area contributed by atoms with Crippen LogP contribution in [0.5, 0.6) is 0 Å². The van der Waals surface area contributed by atoms with E-state index in [1.165, 1.54) is 6.42 Å². The minimum absolute atomic E-state index is 0. The Bertz CT molecular complexity index is 110. The van der Waals surface area contributed by atoms with Crippen LogP contribution in [-0.4, -0.2) is 11.6 Å².